The van der Waals surface area contributed by atoms with Crippen LogP contribution in [0.4, 0.5) is 4.39 Å². The van der Waals surface area contributed by atoms with Crippen molar-refractivity contribution in [2.24, 2.45) is 0 Å². The van der Waals surface area contributed by atoms with Gasteiger partial charge in [0.25, 0.3) is 11.8 Å². The minimum Gasteiger partial charge on any atom is -0.417 e. The highest BCUT2D eigenvalue weighted by atomic mass is 19.1. The van der Waals surface area contributed by atoms with Crippen LogP contribution in [0.1, 0.15) is 52.3 Å². The quantitative estimate of drug-likeness (QED) is 0.623. The zero-order valence-electron chi connectivity index (χ0n) is 19.1. The number of halogens is 1. The fourth-order valence-corrected chi connectivity index (χ4v) is 4.84. The molecule has 172 valence electrons. The van der Waals surface area contributed by atoms with E-state index < -0.39 is 5.82 Å². The van der Waals surface area contributed by atoms with E-state index in [4.69, 9.17) is 4.74 Å². The average Bonchev–Trinajstić information content (AvgIpc) is 3.22. The van der Waals surface area contributed by atoms with Crippen LogP contribution in [-0.2, 0) is 32.2 Å². The Kier molecular flexibility index (Phi) is 5.57. The van der Waals surface area contributed by atoms with Gasteiger partial charge in [0.2, 0.25) is 5.88 Å². The standard InChI is InChI=1S/C22H21FN6O2.C2H6/c1-29-7-5-14-13(9-29)21(27-10-26-14)31-22-18(23)16-11(8-25-22)2-3-12-17-15(28-19(12)16)4-6-24-20(17)30;1-2/h8,10,28H,2-7,9H2,1H3,(H,24,30);1-2H3. The number of fused-ring (bicyclic) bond motifs is 6. The molecule has 5 heterocycles. The smallest absolute Gasteiger partial charge is 0.258 e. The number of aromatic amines is 1. The monoisotopic (exact) mass is 450 g/mol. The van der Waals surface area contributed by atoms with Gasteiger partial charge in [0.05, 0.1) is 22.5 Å². The number of aromatic nitrogens is 4. The van der Waals surface area contributed by atoms with E-state index in [2.05, 4.69) is 30.2 Å². The molecule has 1 amide bonds. The molecule has 3 aliphatic rings. The van der Waals surface area contributed by atoms with Gasteiger partial charge < -0.3 is 19.9 Å². The number of nitrogens with one attached hydrogen (secondary N) is 2. The van der Waals surface area contributed by atoms with Crippen molar-refractivity contribution < 1.29 is 13.9 Å². The maximum absolute atomic E-state index is 15.7. The van der Waals surface area contributed by atoms with E-state index in [0.717, 1.165) is 41.0 Å². The van der Waals surface area contributed by atoms with Gasteiger partial charge in [0.1, 0.15) is 6.33 Å². The van der Waals surface area contributed by atoms with Gasteiger partial charge >= 0.3 is 0 Å². The van der Waals surface area contributed by atoms with Crippen molar-refractivity contribution in [3.8, 4) is 23.0 Å². The molecule has 1 aliphatic carbocycles. The summed E-state index contributed by atoms with van der Waals surface area (Å²) in [5.41, 5.74) is 6.10. The molecule has 8 nitrogen and oxygen atoms in total. The van der Waals surface area contributed by atoms with Crippen LogP contribution in [-0.4, -0.2) is 50.9 Å². The first-order valence-electron chi connectivity index (χ1n) is 11.5. The summed E-state index contributed by atoms with van der Waals surface area (Å²) < 4.78 is 21.6. The molecule has 0 aromatic carbocycles. The molecule has 0 bridgehead atoms. The van der Waals surface area contributed by atoms with Gasteiger partial charge in [-0.3, -0.25) is 4.79 Å². The van der Waals surface area contributed by atoms with E-state index in [9.17, 15) is 4.79 Å². The predicted molar refractivity (Wildman–Crippen MR) is 121 cm³/mol. The van der Waals surface area contributed by atoms with Crippen molar-refractivity contribution in [3.63, 3.8) is 0 Å². The van der Waals surface area contributed by atoms with Crippen LogP contribution in [0, 0.1) is 5.82 Å². The molecule has 0 fully saturated rings. The van der Waals surface area contributed by atoms with E-state index in [1.807, 2.05) is 20.9 Å². The normalized spacial score (nSPS) is 16.4. The number of rotatable bonds is 2. The predicted octanol–water partition coefficient (Wildman–Crippen LogP) is 3.20. The van der Waals surface area contributed by atoms with E-state index in [0.29, 0.717) is 55.1 Å². The number of hydrogen-bond acceptors (Lipinski definition) is 6. The third kappa shape index (κ3) is 3.56. The third-order valence-electron chi connectivity index (χ3n) is 6.38. The topological polar surface area (TPSA) is 96.0 Å². The molecule has 0 unspecified atom stereocenters. The number of hydrogen-bond donors (Lipinski definition) is 2. The van der Waals surface area contributed by atoms with Crippen molar-refractivity contribution in [3.05, 3.63) is 52.0 Å². The lowest BCUT2D eigenvalue weighted by atomic mass is 9.88. The fraction of sp³-hybridized carbons (Fsp3) is 0.417. The van der Waals surface area contributed by atoms with Crippen LogP contribution in [0.3, 0.4) is 0 Å². The third-order valence-corrected chi connectivity index (χ3v) is 6.38. The Hall–Kier alpha value is -3.33. The first-order valence-corrected chi connectivity index (χ1v) is 11.5. The first-order chi connectivity index (χ1) is 16.1. The number of likely N-dealkylation sites (N-methyl/N-ethyl adjacent to an activating group) is 1. The number of amides is 1. The van der Waals surface area contributed by atoms with Gasteiger partial charge in [0.15, 0.2) is 5.82 Å². The molecule has 2 aliphatic heterocycles. The maximum atomic E-state index is 15.7. The Labute approximate surface area is 191 Å². The number of carbonyl (C=O) groups excluding carboxylic acids is 1. The van der Waals surface area contributed by atoms with Gasteiger partial charge in [0, 0.05) is 49.9 Å². The van der Waals surface area contributed by atoms with E-state index in [1.54, 1.807) is 6.20 Å². The van der Waals surface area contributed by atoms with Gasteiger partial charge in [-0.15, -0.1) is 0 Å². The van der Waals surface area contributed by atoms with Crippen LogP contribution < -0.4 is 10.1 Å². The zero-order valence-corrected chi connectivity index (χ0v) is 19.1. The SMILES string of the molecule is CC.CN1CCc2ncnc(Oc3ncc4c(c3F)-c3[nH]c5c(c3CC4)C(=O)NCC5)c2C1. The molecule has 0 saturated heterocycles. The van der Waals surface area contributed by atoms with Crippen LogP contribution in [0.2, 0.25) is 0 Å². The van der Waals surface area contributed by atoms with Crippen LogP contribution >= 0.6 is 0 Å². The second-order valence-electron chi connectivity index (χ2n) is 8.31. The molecular weight excluding hydrogens is 423 g/mol. The minimum absolute atomic E-state index is 0.0927. The lowest BCUT2D eigenvalue weighted by molar-refractivity contribution is 0.0945. The molecule has 0 atom stereocenters. The summed E-state index contributed by atoms with van der Waals surface area (Å²) in [4.78, 5) is 30.7. The highest BCUT2D eigenvalue weighted by molar-refractivity contribution is 6.00. The van der Waals surface area contributed by atoms with Gasteiger partial charge in [-0.1, -0.05) is 13.8 Å². The molecule has 0 spiro atoms. The molecule has 6 rings (SSSR count). The Balaban J connectivity index is 0.00000111. The van der Waals surface area contributed by atoms with Crippen LogP contribution in [0.15, 0.2) is 12.5 Å². The van der Waals surface area contributed by atoms with Gasteiger partial charge in [-0.2, -0.15) is 0 Å². The first kappa shape index (κ1) is 21.5. The summed E-state index contributed by atoms with van der Waals surface area (Å²) in [6.07, 6.45) is 5.92. The summed E-state index contributed by atoms with van der Waals surface area (Å²) in [5, 5.41) is 2.88. The number of ether oxygens (including phenoxy) is 1. The highest BCUT2D eigenvalue weighted by Crippen LogP contribution is 2.41. The summed E-state index contributed by atoms with van der Waals surface area (Å²) in [6.45, 7) is 6.13. The molecule has 0 radical (unpaired) electrons. The molecule has 3 aromatic rings. The van der Waals surface area contributed by atoms with Gasteiger partial charge in [-0.05, 0) is 31.0 Å². The average molecular weight is 451 g/mol. The summed E-state index contributed by atoms with van der Waals surface area (Å²) in [6, 6.07) is 0. The molecule has 9 heteroatoms. The van der Waals surface area contributed by atoms with Crippen molar-refractivity contribution in [1.82, 2.24) is 30.2 Å². The maximum Gasteiger partial charge on any atom is 0.258 e. The molecule has 0 saturated carbocycles. The number of nitrogens with zero attached hydrogens (tertiary/aromatic N) is 4. The van der Waals surface area contributed by atoms with Gasteiger partial charge in [-0.25, -0.2) is 19.3 Å². The lowest BCUT2D eigenvalue weighted by Crippen LogP contribution is -2.32. The minimum atomic E-state index is -0.533. The Morgan fingerprint density at radius 1 is 1.03 bits per heavy atom. The zero-order chi connectivity index (χ0) is 23.1. The van der Waals surface area contributed by atoms with Crippen molar-refractivity contribution in [1.29, 1.82) is 0 Å². The highest BCUT2D eigenvalue weighted by Gasteiger charge is 2.32. The summed E-state index contributed by atoms with van der Waals surface area (Å²) in [7, 11) is 2.02. The van der Waals surface area contributed by atoms with E-state index in [1.165, 1.54) is 6.33 Å². The summed E-state index contributed by atoms with van der Waals surface area (Å²) >= 11 is 0. The molecule has 2 N–H and O–H groups in total. The van der Waals surface area contributed by atoms with Crippen molar-refractivity contribution in [2.75, 3.05) is 20.1 Å². The lowest BCUT2D eigenvalue weighted by Gasteiger charge is -2.25. The van der Waals surface area contributed by atoms with Crippen molar-refractivity contribution in [2.45, 2.75) is 46.1 Å². The number of pyridine rings is 1. The Bertz CT molecular complexity index is 1240. The van der Waals surface area contributed by atoms with Crippen LogP contribution in [0.5, 0.6) is 11.8 Å². The largest absolute Gasteiger partial charge is 0.417 e. The number of carbonyl (C=O) groups is 1. The van der Waals surface area contributed by atoms with E-state index >= 15 is 4.39 Å². The molecule has 3 aromatic heterocycles. The number of aryl methyl sites for hydroxylation is 1. The molecular formula is C24H27FN6O2. The number of H-pyrrole nitrogens is 1. The Morgan fingerprint density at radius 3 is 2.73 bits per heavy atom. The summed E-state index contributed by atoms with van der Waals surface area (Å²) in [5.74, 6) is -0.402. The Morgan fingerprint density at radius 2 is 1.88 bits per heavy atom. The van der Waals surface area contributed by atoms with E-state index in [-0.39, 0.29) is 11.8 Å². The van der Waals surface area contributed by atoms with Crippen LogP contribution in [0.25, 0.3) is 11.3 Å². The second-order valence-corrected chi connectivity index (χ2v) is 8.31. The molecule has 33 heavy (non-hydrogen) atoms. The van der Waals surface area contributed by atoms with Crippen molar-refractivity contribution >= 4 is 5.91 Å². The fourth-order valence-electron chi connectivity index (χ4n) is 4.84. The second kappa shape index (κ2) is 8.55.